The minimum Gasteiger partial charge on any atom is -0.0767 e. The summed E-state index contributed by atoms with van der Waals surface area (Å²) in [6.07, 6.45) is 7.14. The second-order valence-corrected chi connectivity index (χ2v) is 10.9. The van der Waals surface area contributed by atoms with Crippen LogP contribution in [0.3, 0.4) is 0 Å². The van der Waals surface area contributed by atoms with Crippen molar-refractivity contribution in [2.24, 2.45) is 11.3 Å². The third kappa shape index (κ3) is 3.63. The Kier molecular flexibility index (Phi) is 5.01. The largest absolute Gasteiger partial charge is 0.0767 e. The van der Waals surface area contributed by atoms with Gasteiger partial charge in [0.2, 0.25) is 0 Å². The van der Waals surface area contributed by atoms with E-state index in [0.29, 0.717) is 11.8 Å². The Hall–Kier alpha value is -1.12. The van der Waals surface area contributed by atoms with Gasteiger partial charge in [0, 0.05) is 14.9 Å². The molecule has 0 radical (unpaired) electrons. The molecule has 0 saturated carbocycles. The molecule has 0 aromatic heterocycles. The predicted molar refractivity (Wildman–Crippen MR) is 123 cm³/mol. The van der Waals surface area contributed by atoms with Crippen LogP contribution in [-0.2, 0) is 0 Å². The number of allylic oxidation sites excluding steroid dienone is 4. The molecule has 140 valence electrons. The van der Waals surface area contributed by atoms with Gasteiger partial charge in [-0.05, 0) is 76.3 Å². The zero-order valence-electron chi connectivity index (χ0n) is 16.4. The summed E-state index contributed by atoms with van der Waals surface area (Å²) in [6.45, 7) is 9.34. The molecule has 2 aromatic rings. The highest BCUT2D eigenvalue weighted by atomic mass is 79.9. The van der Waals surface area contributed by atoms with Crippen molar-refractivity contribution in [3.63, 3.8) is 0 Å². The lowest BCUT2D eigenvalue weighted by Gasteiger charge is -2.23. The zero-order valence-corrected chi connectivity index (χ0v) is 19.6. The lowest BCUT2D eigenvalue weighted by molar-refractivity contribution is 0.509. The number of rotatable bonds is 3. The Morgan fingerprint density at radius 1 is 0.963 bits per heavy atom. The Morgan fingerprint density at radius 3 is 2.00 bits per heavy atom. The second-order valence-electron chi connectivity index (χ2n) is 9.04. The van der Waals surface area contributed by atoms with E-state index >= 15 is 0 Å². The van der Waals surface area contributed by atoms with E-state index in [4.69, 9.17) is 0 Å². The van der Waals surface area contributed by atoms with Gasteiger partial charge >= 0.3 is 0 Å². The van der Waals surface area contributed by atoms with Crippen molar-refractivity contribution in [1.29, 1.82) is 0 Å². The van der Waals surface area contributed by atoms with Gasteiger partial charge in [-0.25, -0.2) is 0 Å². The van der Waals surface area contributed by atoms with Gasteiger partial charge < -0.3 is 0 Å². The molecule has 2 aromatic carbocycles. The van der Waals surface area contributed by atoms with Gasteiger partial charge in [-0.2, -0.15) is 0 Å². The zero-order chi connectivity index (χ0) is 19.3. The van der Waals surface area contributed by atoms with Crippen molar-refractivity contribution in [1.82, 2.24) is 0 Å². The maximum atomic E-state index is 3.69. The molecule has 27 heavy (non-hydrogen) atoms. The van der Waals surface area contributed by atoms with Crippen LogP contribution in [0.15, 0.2) is 68.6 Å². The average Bonchev–Trinajstić information content (AvgIpc) is 3.16. The van der Waals surface area contributed by atoms with Crippen molar-refractivity contribution < 1.29 is 0 Å². The normalized spacial score (nSPS) is 17.4. The monoisotopic (exact) mass is 484 g/mol. The Labute approximate surface area is 180 Å². The van der Waals surface area contributed by atoms with Crippen LogP contribution in [-0.4, -0.2) is 0 Å². The number of halogens is 2. The fourth-order valence-corrected chi connectivity index (χ4v) is 5.39. The molecular formula is C25H26Br2. The van der Waals surface area contributed by atoms with E-state index in [0.717, 1.165) is 12.8 Å². The highest BCUT2D eigenvalue weighted by molar-refractivity contribution is 9.10. The summed E-state index contributed by atoms with van der Waals surface area (Å²) in [5.41, 5.74) is 9.03. The van der Waals surface area contributed by atoms with Crippen LogP contribution in [0.4, 0.5) is 0 Å². The van der Waals surface area contributed by atoms with Crippen LogP contribution >= 0.6 is 31.9 Å². The van der Waals surface area contributed by atoms with Gasteiger partial charge in [-0.15, -0.1) is 0 Å². The molecule has 1 unspecified atom stereocenters. The molecule has 2 aliphatic carbocycles. The van der Waals surface area contributed by atoms with Crippen LogP contribution in [0.5, 0.6) is 0 Å². The SMILES string of the molecule is CC(CC1=CC(C(C)(C)C)=CC1)C1c2cc(Br)ccc2-c2ccc(Br)cc21. The fourth-order valence-electron chi connectivity index (χ4n) is 4.63. The van der Waals surface area contributed by atoms with E-state index in [2.05, 4.69) is 108 Å². The molecular weight excluding hydrogens is 460 g/mol. The van der Waals surface area contributed by atoms with Crippen LogP contribution in [0.25, 0.3) is 11.1 Å². The third-order valence-corrected chi connectivity index (χ3v) is 6.94. The number of benzene rings is 2. The average molecular weight is 486 g/mol. The van der Waals surface area contributed by atoms with Gasteiger partial charge in [0.25, 0.3) is 0 Å². The second kappa shape index (κ2) is 7.04. The highest BCUT2D eigenvalue weighted by Crippen LogP contribution is 2.51. The Bertz CT molecular complexity index is 905. The number of fused-ring (bicyclic) bond motifs is 3. The van der Waals surface area contributed by atoms with Crippen LogP contribution in [0.2, 0.25) is 0 Å². The molecule has 0 saturated heterocycles. The van der Waals surface area contributed by atoms with Gasteiger partial charge in [0.1, 0.15) is 0 Å². The van der Waals surface area contributed by atoms with Crippen molar-refractivity contribution >= 4 is 31.9 Å². The summed E-state index contributed by atoms with van der Waals surface area (Å²) in [5, 5.41) is 0. The fraction of sp³-hybridized carbons (Fsp3) is 0.360. The smallest absolute Gasteiger partial charge is 0.0178 e. The third-order valence-electron chi connectivity index (χ3n) is 5.95. The van der Waals surface area contributed by atoms with Gasteiger partial charge in [-0.1, -0.05) is 89.4 Å². The van der Waals surface area contributed by atoms with Crippen LogP contribution in [0, 0.1) is 11.3 Å². The summed E-state index contributed by atoms with van der Waals surface area (Å²) in [7, 11) is 0. The quantitative estimate of drug-likeness (QED) is 0.407. The first-order chi connectivity index (χ1) is 12.7. The first-order valence-electron chi connectivity index (χ1n) is 9.73. The van der Waals surface area contributed by atoms with E-state index in [1.807, 2.05) is 0 Å². The van der Waals surface area contributed by atoms with Crippen molar-refractivity contribution in [3.05, 3.63) is 79.8 Å². The van der Waals surface area contributed by atoms with Crippen molar-refractivity contribution in [3.8, 4) is 11.1 Å². The standard InChI is InChI=1S/C25H26Br2/c1-15(11-16-5-6-17(12-16)25(2,3)4)24-22-13-18(26)7-9-20(22)21-10-8-19(27)14-23(21)24/h6-10,12-15,24H,5,11H2,1-4H3. The lowest BCUT2D eigenvalue weighted by atomic mass is 9.81. The summed E-state index contributed by atoms with van der Waals surface area (Å²) in [6, 6.07) is 13.5. The molecule has 0 bridgehead atoms. The molecule has 1 atom stereocenters. The maximum Gasteiger partial charge on any atom is 0.0178 e. The minimum absolute atomic E-state index is 0.243. The van der Waals surface area contributed by atoms with E-state index in [9.17, 15) is 0 Å². The first-order valence-corrected chi connectivity index (χ1v) is 11.3. The predicted octanol–water partition coefficient (Wildman–Crippen LogP) is 8.65. The van der Waals surface area contributed by atoms with E-state index in [1.165, 1.54) is 36.8 Å². The van der Waals surface area contributed by atoms with Gasteiger partial charge in [0.15, 0.2) is 0 Å². The van der Waals surface area contributed by atoms with Gasteiger partial charge in [0.05, 0.1) is 0 Å². The van der Waals surface area contributed by atoms with E-state index in [-0.39, 0.29) is 5.41 Å². The van der Waals surface area contributed by atoms with E-state index < -0.39 is 0 Å². The van der Waals surface area contributed by atoms with E-state index in [1.54, 1.807) is 5.57 Å². The molecule has 0 aliphatic heterocycles. The molecule has 2 aliphatic rings. The minimum atomic E-state index is 0.243. The molecule has 0 nitrogen and oxygen atoms in total. The lowest BCUT2D eigenvalue weighted by Crippen LogP contribution is -2.10. The summed E-state index contributed by atoms with van der Waals surface area (Å²) in [4.78, 5) is 0. The van der Waals surface area contributed by atoms with Crippen molar-refractivity contribution in [2.45, 2.75) is 46.5 Å². The molecule has 0 amide bonds. The Balaban J connectivity index is 1.68. The van der Waals surface area contributed by atoms with Crippen LogP contribution < -0.4 is 0 Å². The highest BCUT2D eigenvalue weighted by Gasteiger charge is 2.33. The first kappa shape index (κ1) is 19.2. The molecule has 0 fully saturated rings. The molecule has 4 rings (SSSR count). The topological polar surface area (TPSA) is 0 Å². The number of hydrogen-bond acceptors (Lipinski definition) is 0. The van der Waals surface area contributed by atoms with Crippen molar-refractivity contribution in [2.75, 3.05) is 0 Å². The van der Waals surface area contributed by atoms with Crippen LogP contribution in [0.1, 0.15) is 57.6 Å². The molecule has 0 N–H and O–H groups in total. The summed E-state index contributed by atoms with van der Waals surface area (Å²) >= 11 is 7.38. The molecule has 2 heteroatoms. The number of hydrogen-bond donors (Lipinski definition) is 0. The maximum absolute atomic E-state index is 3.69. The summed E-state index contributed by atoms with van der Waals surface area (Å²) < 4.78 is 2.34. The molecule has 0 spiro atoms. The Morgan fingerprint density at radius 2 is 1.52 bits per heavy atom. The van der Waals surface area contributed by atoms with Gasteiger partial charge in [-0.3, -0.25) is 0 Å². The summed E-state index contributed by atoms with van der Waals surface area (Å²) in [5.74, 6) is 1.01. The molecule has 0 heterocycles.